The first-order chi connectivity index (χ1) is 14.1. The molecular weight excluding hydrogens is 429 g/mol. The number of hydrogen-bond donors (Lipinski definition) is 3. The number of thioether (sulfide) groups is 1. The molecule has 12 heteroatoms. The van der Waals surface area contributed by atoms with E-state index in [1.807, 2.05) is 5.32 Å². The van der Waals surface area contributed by atoms with Crippen molar-refractivity contribution in [2.24, 2.45) is 0 Å². The van der Waals surface area contributed by atoms with Crippen LogP contribution in [0.15, 0.2) is 29.1 Å². The molecule has 2 aromatic rings. The lowest BCUT2D eigenvalue weighted by Crippen LogP contribution is -2.37. The Balaban J connectivity index is 1.96. The lowest BCUT2D eigenvalue weighted by Gasteiger charge is -2.16. The molecule has 0 radical (unpaired) electrons. The largest absolute Gasteiger partial charge is 0.573 e. The van der Waals surface area contributed by atoms with Gasteiger partial charge in [0.15, 0.2) is 0 Å². The highest BCUT2D eigenvalue weighted by Crippen LogP contribution is 2.36. The average molecular weight is 444 g/mol. The molecule has 0 saturated heterocycles. The Morgan fingerprint density at radius 3 is 2.47 bits per heavy atom. The van der Waals surface area contributed by atoms with E-state index in [1.165, 1.54) is 28.5 Å². The van der Waals surface area contributed by atoms with Crippen molar-refractivity contribution in [3.63, 3.8) is 0 Å². The smallest absolute Gasteiger partial charge is 0.507 e. The molecule has 1 aromatic heterocycles. The Morgan fingerprint density at radius 1 is 1.20 bits per heavy atom. The Bertz CT molecular complexity index is 1050. The molecule has 1 aromatic carbocycles. The average Bonchev–Trinajstić information content (AvgIpc) is 3.14. The Kier molecular flexibility index (Phi) is 5.97. The number of aromatic hydroxyl groups is 1. The first-order valence-corrected chi connectivity index (χ1v) is 9.62. The Labute approximate surface area is 171 Å². The van der Waals surface area contributed by atoms with Crippen molar-refractivity contribution < 1.29 is 37.7 Å². The summed E-state index contributed by atoms with van der Waals surface area (Å²) in [6.07, 6.45) is -4.83. The van der Waals surface area contributed by atoms with Gasteiger partial charge in [-0.1, -0.05) is 12.1 Å². The fourth-order valence-electron chi connectivity index (χ4n) is 2.97. The summed E-state index contributed by atoms with van der Waals surface area (Å²) >= 11 is 1.41. The van der Waals surface area contributed by atoms with Crippen LogP contribution < -0.4 is 15.6 Å². The lowest BCUT2D eigenvalue weighted by atomic mass is 10.1. The number of ether oxygens (including phenoxy) is 1. The molecule has 0 fully saturated rings. The van der Waals surface area contributed by atoms with Crippen LogP contribution in [0, 0.1) is 0 Å². The molecule has 0 aliphatic carbocycles. The molecule has 1 amide bonds. The molecule has 1 aliphatic rings. The Hall–Kier alpha value is -3.15. The predicted octanol–water partition coefficient (Wildman–Crippen LogP) is 2.06. The monoisotopic (exact) mass is 444 g/mol. The van der Waals surface area contributed by atoms with E-state index in [1.54, 1.807) is 0 Å². The van der Waals surface area contributed by atoms with Gasteiger partial charge in [-0.25, -0.2) is 0 Å². The van der Waals surface area contributed by atoms with Crippen LogP contribution in [0.25, 0.3) is 0 Å². The van der Waals surface area contributed by atoms with Crippen LogP contribution in [0.5, 0.6) is 11.5 Å². The van der Waals surface area contributed by atoms with Crippen molar-refractivity contribution in [3.8, 4) is 11.5 Å². The lowest BCUT2D eigenvalue weighted by molar-refractivity contribution is -0.274. The van der Waals surface area contributed by atoms with E-state index in [-0.39, 0.29) is 6.54 Å². The minimum Gasteiger partial charge on any atom is -0.507 e. The number of carboxylic acids is 1. The van der Waals surface area contributed by atoms with Crippen LogP contribution >= 0.6 is 11.8 Å². The van der Waals surface area contributed by atoms with Crippen LogP contribution in [0.2, 0.25) is 0 Å². The van der Waals surface area contributed by atoms with Crippen LogP contribution in [0.1, 0.15) is 27.2 Å². The number of carboxylic acid groups (broad SMARTS) is 1. The van der Waals surface area contributed by atoms with Gasteiger partial charge >= 0.3 is 12.3 Å². The summed E-state index contributed by atoms with van der Waals surface area (Å²) in [5.74, 6) is -2.51. The second-order valence-corrected chi connectivity index (χ2v) is 7.29. The molecule has 8 nitrogen and oxygen atoms in total. The summed E-state index contributed by atoms with van der Waals surface area (Å²) in [4.78, 5) is 35.9. The highest BCUT2D eigenvalue weighted by atomic mass is 32.2. The third-order valence-corrected chi connectivity index (χ3v) is 5.24. The van der Waals surface area contributed by atoms with Crippen LogP contribution in [-0.2, 0) is 22.8 Å². The number of hydrogen-bond acceptors (Lipinski definition) is 6. The number of carbonyl (C=O) groups excluding carboxylic acids is 1. The van der Waals surface area contributed by atoms with E-state index in [4.69, 9.17) is 5.11 Å². The summed E-state index contributed by atoms with van der Waals surface area (Å²) in [5, 5.41) is 21.2. The zero-order valence-corrected chi connectivity index (χ0v) is 16.0. The zero-order chi connectivity index (χ0) is 22.1. The topological polar surface area (TPSA) is 118 Å². The minimum absolute atomic E-state index is 0.0620. The van der Waals surface area contributed by atoms with Crippen molar-refractivity contribution in [1.82, 2.24) is 9.88 Å². The maximum absolute atomic E-state index is 12.9. The summed E-state index contributed by atoms with van der Waals surface area (Å²) in [6.45, 7) is -0.794. The van der Waals surface area contributed by atoms with Crippen LogP contribution in [-0.4, -0.2) is 39.6 Å². The first kappa shape index (κ1) is 21.6. The van der Waals surface area contributed by atoms with Gasteiger partial charge in [0, 0.05) is 22.8 Å². The van der Waals surface area contributed by atoms with Gasteiger partial charge in [-0.05, 0) is 17.7 Å². The number of amides is 1. The Morgan fingerprint density at radius 2 is 1.87 bits per heavy atom. The van der Waals surface area contributed by atoms with Gasteiger partial charge in [0.25, 0.3) is 11.5 Å². The van der Waals surface area contributed by atoms with Gasteiger partial charge < -0.3 is 24.8 Å². The number of halogens is 3. The number of aliphatic carboxylic acids is 1. The van der Waals surface area contributed by atoms with Crippen molar-refractivity contribution in [1.29, 1.82) is 0 Å². The number of pyridine rings is 1. The van der Waals surface area contributed by atoms with E-state index in [0.29, 0.717) is 28.3 Å². The molecular formula is C18H15F3N2O6S. The molecule has 0 saturated carbocycles. The number of benzene rings is 1. The van der Waals surface area contributed by atoms with Gasteiger partial charge in [0.2, 0.25) is 0 Å². The number of nitrogens with one attached hydrogen (secondary N) is 1. The number of rotatable bonds is 6. The highest BCUT2D eigenvalue weighted by Gasteiger charge is 2.31. The van der Waals surface area contributed by atoms with E-state index in [9.17, 15) is 32.7 Å². The van der Waals surface area contributed by atoms with Gasteiger partial charge in [0.05, 0.1) is 6.54 Å². The van der Waals surface area contributed by atoms with E-state index in [0.717, 1.165) is 12.1 Å². The van der Waals surface area contributed by atoms with Gasteiger partial charge in [-0.15, -0.1) is 13.2 Å². The van der Waals surface area contributed by atoms with E-state index in [2.05, 4.69) is 4.74 Å². The van der Waals surface area contributed by atoms with Gasteiger partial charge in [0.1, 0.15) is 23.6 Å². The van der Waals surface area contributed by atoms with Crippen molar-refractivity contribution in [3.05, 3.63) is 57.0 Å². The highest BCUT2D eigenvalue weighted by molar-refractivity contribution is 7.98. The summed E-state index contributed by atoms with van der Waals surface area (Å²) < 4.78 is 41.9. The maximum atomic E-state index is 12.9. The molecule has 3 N–H and O–H groups in total. The molecule has 0 atom stereocenters. The molecule has 0 spiro atoms. The SMILES string of the molecule is O=C(O)CNC(=O)c1c(O)c2c(n(Cc3ccc(OC(F)(F)F)cc3)c1=O)CSC2. The van der Waals surface area contributed by atoms with Crippen molar-refractivity contribution in [2.75, 3.05) is 6.54 Å². The second-order valence-electron chi connectivity index (χ2n) is 6.30. The minimum atomic E-state index is -4.83. The number of alkyl halides is 3. The number of fused-ring (bicyclic) bond motifs is 1. The van der Waals surface area contributed by atoms with Gasteiger partial charge in [-0.3, -0.25) is 14.4 Å². The van der Waals surface area contributed by atoms with Crippen molar-refractivity contribution in [2.45, 2.75) is 24.4 Å². The summed E-state index contributed by atoms with van der Waals surface area (Å²) in [6, 6.07) is 4.89. The van der Waals surface area contributed by atoms with Crippen LogP contribution in [0.3, 0.4) is 0 Å². The number of nitrogens with zero attached hydrogens (tertiary/aromatic N) is 1. The van der Waals surface area contributed by atoms with Crippen LogP contribution in [0.4, 0.5) is 13.2 Å². The fourth-order valence-corrected chi connectivity index (χ4v) is 4.10. The second kappa shape index (κ2) is 8.30. The quantitative estimate of drug-likeness (QED) is 0.624. The number of carbonyl (C=O) groups is 2. The molecule has 2 heterocycles. The van der Waals surface area contributed by atoms with E-state index >= 15 is 0 Å². The molecule has 160 valence electrons. The van der Waals surface area contributed by atoms with E-state index < -0.39 is 47.4 Å². The molecule has 30 heavy (non-hydrogen) atoms. The molecule has 0 unspecified atom stereocenters. The molecule has 0 bridgehead atoms. The normalized spacial score (nSPS) is 13.0. The zero-order valence-electron chi connectivity index (χ0n) is 15.2. The predicted molar refractivity (Wildman–Crippen MR) is 99.6 cm³/mol. The summed E-state index contributed by atoms with van der Waals surface area (Å²) in [7, 11) is 0. The third-order valence-electron chi connectivity index (χ3n) is 4.27. The fraction of sp³-hybridized carbons (Fsp3) is 0.278. The maximum Gasteiger partial charge on any atom is 0.573 e. The molecule has 3 rings (SSSR count). The molecule has 1 aliphatic heterocycles. The van der Waals surface area contributed by atoms with Gasteiger partial charge in [-0.2, -0.15) is 11.8 Å². The first-order valence-electron chi connectivity index (χ1n) is 8.46. The third kappa shape index (κ3) is 4.70. The summed E-state index contributed by atoms with van der Waals surface area (Å²) in [5.41, 5.74) is -0.0555. The number of aromatic nitrogens is 1. The standard InChI is InChI=1S/C18H15F3N2O6S/c19-18(20,21)29-10-3-1-9(2-4-10)6-23-12-8-30-7-11(12)15(26)14(17(23)28)16(27)22-5-13(24)25/h1-4,26H,5-8H2,(H,22,27)(H,24,25). The van der Waals surface area contributed by atoms with Crippen molar-refractivity contribution >= 4 is 23.6 Å².